The first-order valence-electron chi connectivity index (χ1n) is 5.23. The van der Waals surface area contributed by atoms with Gasteiger partial charge in [0.2, 0.25) is 10.0 Å². The number of likely N-dealkylation sites (N-methyl/N-ethyl adjacent to an activating group) is 1. The van der Waals surface area contributed by atoms with Crippen LogP contribution < -0.4 is 5.32 Å². The number of sulfonamides is 1. The van der Waals surface area contributed by atoms with Crippen molar-refractivity contribution >= 4 is 10.0 Å². The summed E-state index contributed by atoms with van der Waals surface area (Å²) in [5, 5.41) is 3.30. The molecular formula is C9H20N2O2S. The zero-order valence-electron chi connectivity index (χ0n) is 8.99. The molecule has 1 unspecified atom stereocenters. The lowest BCUT2D eigenvalue weighted by Crippen LogP contribution is -2.39. The van der Waals surface area contributed by atoms with E-state index in [-0.39, 0.29) is 5.75 Å². The normalized spacial score (nSPS) is 23.2. The van der Waals surface area contributed by atoms with Crippen LogP contribution >= 0.6 is 0 Å². The molecule has 1 atom stereocenters. The van der Waals surface area contributed by atoms with Gasteiger partial charge in [0.05, 0.1) is 5.75 Å². The lowest BCUT2D eigenvalue weighted by molar-refractivity contribution is 0.417. The Balaban J connectivity index is 2.43. The maximum Gasteiger partial charge on any atom is 0.213 e. The van der Waals surface area contributed by atoms with Crippen molar-refractivity contribution in [1.82, 2.24) is 9.62 Å². The fourth-order valence-electron chi connectivity index (χ4n) is 1.75. The van der Waals surface area contributed by atoms with Gasteiger partial charge in [0.15, 0.2) is 0 Å². The number of nitrogens with zero attached hydrogens (tertiary/aromatic N) is 1. The van der Waals surface area contributed by atoms with Crippen molar-refractivity contribution in [3.8, 4) is 0 Å². The third-order valence-corrected chi connectivity index (χ3v) is 4.60. The fraction of sp³-hybridized carbons (Fsp3) is 1.00. The zero-order chi connectivity index (χ0) is 10.6. The summed E-state index contributed by atoms with van der Waals surface area (Å²) in [6, 6.07) is 0.353. The second-order valence-electron chi connectivity index (χ2n) is 3.89. The molecule has 1 heterocycles. The molecule has 14 heavy (non-hydrogen) atoms. The van der Waals surface area contributed by atoms with E-state index in [1.165, 1.54) is 4.31 Å². The quantitative estimate of drug-likeness (QED) is 0.730. The summed E-state index contributed by atoms with van der Waals surface area (Å²) in [5.74, 6) is 0.260. The molecule has 1 rings (SSSR count). The summed E-state index contributed by atoms with van der Waals surface area (Å²) in [5.41, 5.74) is 0. The van der Waals surface area contributed by atoms with Crippen LogP contribution in [-0.4, -0.2) is 44.7 Å². The van der Waals surface area contributed by atoms with E-state index in [1.54, 1.807) is 7.05 Å². The van der Waals surface area contributed by atoms with Crippen LogP contribution in [0.4, 0.5) is 0 Å². The SMILES string of the molecule is CCCS(=O)(=O)N(C)CC1CCCN1. The Kier molecular flexibility index (Phi) is 4.34. The third-order valence-electron chi connectivity index (χ3n) is 2.58. The molecule has 0 saturated carbocycles. The van der Waals surface area contributed by atoms with Crippen molar-refractivity contribution in [3.05, 3.63) is 0 Å². The Morgan fingerprint density at radius 3 is 2.71 bits per heavy atom. The highest BCUT2D eigenvalue weighted by Crippen LogP contribution is 2.09. The molecular weight excluding hydrogens is 200 g/mol. The van der Waals surface area contributed by atoms with Crippen molar-refractivity contribution in [2.24, 2.45) is 0 Å². The molecule has 0 radical (unpaired) electrons. The van der Waals surface area contributed by atoms with Crippen LogP contribution in [0.25, 0.3) is 0 Å². The zero-order valence-corrected chi connectivity index (χ0v) is 9.81. The number of nitrogens with one attached hydrogen (secondary N) is 1. The van der Waals surface area contributed by atoms with Crippen LogP contribution in [-0.2, 0) is 10.0 Å². The molecule has 0 amide bonds. The van der Waals surface area contributed by atoms with Gasteiger partial charge in [0.25, 0.3) is 0 Å². The fourth-order valence-corrected chi connectivity index (χ4v) is 2.98. The first-order valence-corrected chi connectivity index (χ1v) is 6.84. The van der Waals surface area contributed by atoms with Gasteiger partial charge in [0.1, 0.15) is 0 Å². The van der Waals surface area contributed by atoms with E-state index in [2.05, 4.69) is 5.32 Å². The Hall–Kier alpha value is -0.130. The third kappa shape index (κ3) is 3.22. The smallest absolute Gasteiger partial charge is 0.213 e. The minimum Gasteiger partial charge on any atom is -0.313 e. The van der Waals surface area contributed by atoms with E-state index in [0.29, 0.717) is 19.0 Å². The van der Waals surface area contributed by atoms with Crippen molar-refractivity contribution in [2.45, 2.75) is 32.2 Å². The predicted molar refractivity (Wildman–Crippen MR) is 57.7 cm³/mol. The van der Waals surface area contributed by atoms with Crippen molar-refractivity contribution in [3.63, 3.8) is 0 Å². The van der Waals surface area contributed by atoms with Gasteiger partial charge in [0, 0.05) is 19.6 Å². The van der Waals surface area contributed by atoms with Crippen LogP contribution in [0.3, 0.4) is 0 Å². The maximum atomic E-state index is 11.6. The van der Waals surface area contributed by atoms with E-state index < -0.39 is 10.0 Å². The Morgan fingerprint density at radius 2 is 2.21 bits per heavy atom. The summed E-state index contributed by atoms with van der Waals surface area (Å²) in [6.07, 6.45) is 2.93. The predicted octanol–water partition coefficient (Wildman–Crippen LogP) is 0.410. The standard InChI is InChI=1S/C9H20N2O2S/c1-3-7-14(12,13)11(2)8-9-5-4-6-10-9/h9-10H,3-8H2,1-2H3. The van der Waals surface area contributed by atoms with Crippen LogP contribution in [0.1, 0.15) is 26.2 Å². The molecule has 0 bridgehead atoms. The number of rotatable bonds is 5. The molecule has 5 heteroatoms. The molecule has 0 aliphatic carbocycles. The first kappa shape index (κ1) is 11.9. The molecule has 1 fully saturated rings. The van der Waals surface area contributed by atoms with E-state index in [1.807, 2.05) is 6.92 Å². The van der Waals surface area contributed by atoms with E-state index in [4.69, 9.17) is 0 Å². The van der Waals surface area contributed by atoms with Crippen molar-refractivity contribution in [1.29, 1.82) is 0 Å². The molecule has 84 valence electrons. The Labute approximate surface area is 86.7 Å². The van der Waals surface area contributed by atoms with Gasteiger partial charge in [-0.3, -0.25) is 0 Å². The largest absolute Gasteiger partial charge is 0.313 e. The maximum absolute atomic E-state index is 11.6. The molecule has 0 aromatic rings. The van der Waals surface area contributed by atoms with Crippen LogP contribution in [0.5, 0.6) is 0 Å². The van der Waals surface area contributed by atoms with Gasteiger partial charge in [-0.1, -0.05) is 6.92 Å². The summed E-state index contributed by atoms with van der Waals surface area (Å²) >= 11 is 0. The highest BCUT2D eigenvalue weighted by atomic mass is 32.2. The highest BCUT2D eigenvalue weighted by molar-refractivity contribution is 7.89. The summed E-state index contributed by atoms with van der Waals surface area (Å²) < 4.78 is 24.7. The topological polar surface area (TPSA) is 49.4 Å². The van der Waals surface area contributed by atoms with Crippen LogP contribution in [0.2, 0.25) is 0 Å². The minimum atomic E-state index is -3.00. The van der Waals surface area contributed by atoms with Gasteiger partial charge in [-0.2, -0.15) is 0 Å². The van der Waals surface area contributed by atoms with Gasteiger partial charge in [-0.25, -0.2) is 12.7 Å². The molecule has 1 saturated heterocycles. The lowest BCUT2D eigenvalue weighted by atomic mass is 10.2. The summed E-state index contributed by atoms with van der Waals surface area (Å²) in [6.45, 7) is 3.52. The monoisotopic (exact) mass is 220 g/mol. The van der Waals surface area contributed by atoms with Crippen molar-refractivity contribution < 1.29 is 8.42 Å². The molecule has 0 spiro atoms. The highest BCUT2D eigenvalue weighted by Gasteiger charge is 2.22. The van der Waals surface area contributed by atoms with Crippen molar-refractivity contribution in [2.75, 3.05) is 25.9 Å². The average molecular weight is 220 g/mol. The van der Waals surface area contributed by atoms with Crippen LogP contribution in [0, 0.1) is 0 Å². The van der Waals surface area contributed by atoms with E-state index >= 15 is 0 Å². The van der Waals surface area contributed by atoms with Gasteiger partial charge < -0.3 is 5.32 Å². The van der Waals surface area contributed by atoms with Gasteiger partial charge in [-0.05, 0) is 25.8 Å². The second-order valence-corrected chi connectivity index (χ2v) is 6.09. The molecule has 0 aromatic carbocycles. The van der Waals surface area contributed by atoms with E-state index in [9.17, 15) is 8.42 Å². The molecule has 1 aliphatic heterocycles. The minimum absolute atomic E-state index is 0.260. The lowest BCUT2D eigenvalue weighted by Gasteiger charge is -2.20. The van der Waals surface area contributed by atoms with Crippen LogP contribution in [0.15, 0.2) is 0 Å². The van der Waals surface area contributed by atoms with Gasteiger partial charge >= 0.3 is 0 Å². The Bertz CT molecular complexity index is 258. The molecule has 1 N–H and O–H groups in total. The summed E-state index contributed by atoms with van der Waals surface area (Å²) in [7, 11) is -1.33. The van der Waals surface area contributed by atoms with E-state index in [0.717, 1.165) is 19.4 Å². The molecule has 4 nitrogen and oxygen atoms in total. The summed E-state index contributed by atoms with van der Waals surface area (Å²) in [4.78, 5) is 0. The Morgan fingerprint density at radius 1 is 1.50 bits per heavy atom. The number of hydrogen-bond acceptors (Lipinski definition) is 3. The van der Waals surface area contributed by atoms with Gasteiger partial charge in [-0.15, -0.1) is 0 Å². The average Bonchev–Trinajstić information content (AvgIpc) is 2.56. The number of hydrogen-bond donors (Lipinski definition) is 1. The molecule has 0 aromatic heterocycles. The molecule has 1 aliphatic rings. The second kappa shape index (κ2) is 5.09. The first-order chi connectivity index (χ1) is 6.56.